The Labute approximate surface area is 131 Å². The van der Waals surface area contributed by atoms with Gasteiger partial charge in [-0.15, -0.1) is 0 Å². The zero-order chi connectivity index (χ0) is 14.8. The molecule has 0 aromatic carbocycles. The maximum atomic E-state index is 6.61. The Morgan fingerprint density at radius 2 is 2.05 bits per heavy atom. The molecule has 1 aliphatic carbocycles. The van der Waals surface area contributed by atoms with Crippen molar-refractivity contribution in [3.05, 3.63) is 28.5 Å². The number of rotatable bonds is 4. The van der Waals surface area contributed by atoms with E-state index in [4.69, 9.17) is 5.73 Å². The summed E-state index contributed by atoms with van der Waals surface area (Å²) in [5, 5.41) is 0. The summed E-state index contributed by atoms with van der Waals surface area (Å²) in [5.74, 6) is 0.834. The van der Waals surface area contributed by atoms with E-state index < -0.39 is 0 Å². The van der Waals surface area contributed by atoms with Crippen LogP contribution >= 0.6 is 15.9 Å². The van der Waals surface area contributed by atoms with Crippen molar-refractivity contribution in [3.8, 4) is 0 Å². The van der Waals surface area contributed by atoms with Gasteiger partial charge in [0, 0.05) is 34.4 Å². The number of aromatic nitrogens is 1. The van der Waals surface area contributed by atoms with Crippen molar-refractivity contribution in [2.45, 2.75) is 50.6 Å². The second-order valence-corrected chi connectivity index (χ2v) is 7.37. The van der Waals surface area contributed by atoms with Crippen molar-refractivity contribution in [2.24, 2.45) is 11.7 Å². The summed E-state index contributed by atoms with van der Waals surface area (Å²) in [6.45, 7) is 2.35. The molecule has 0 bridgehead atoms. The van der Waals surface area contributed by atoms with Gasteiger partial charge in [-0.2, -0.15) is 0 Å². The molecular weight excluding hydrogens is 314 g/mol. The molecule has 0 radical (unpaired) electrons. The first-order valence-electron chi connectivity index (χ1n) is 7.47. The molecule has 1 fully saturated rings. The molecule has 0 spiro atoms. The fourth-order valence-electron chi connectivity index (χ4n) is 3.35. The molecule has 20 heavy (non-hydrogen) atoms. The van der Waals surface area contributed by atoms with Gasteiger partial charge in [0.2, 0.25) is 0 Å². The summed E-state index contributed by atoms with van der Waals surface area (Å²) in [4.78, 5) is 6.82. The van der Waals surface area contributed by atoms with E-state index in [9.17, 15) is 0 Å². The Morgan fingerprint density at radius 1 is 1.40 bits per heavy atom. The van der Waals surface area contributed by atoms with Crippen LogP contribution in [0.25, 0.3) is 0 Å². The molecule has 0 saturated heterocycles. The Hall–Kier alpha value is -0.450. The van der Waals surface area contributed by atoms with Crippen LogP contribution in [0.2, 0.25) is 0 Å². The normalized spacial score (nSPS) is 28.6. The smallest absolute Gasteiger partial charge is 0.0420 e. The molecule has 1 aliphatic rings. The SMILES string of the molecule is CC1CCC(C(N)Cc2ccc(Br)cn2)(N(C)C)CC1. The topological polar surface area (TPSA) is 42.1 Å². The minimum absolute atomic E-state index is 0.126. The van der Waals surface area contributed by atoms with Gasteiger partial charge in [0.15, 0.2) is 0 Å². The van der Waals surface area contributed by atoms with E-state index in [1.54, 1.807) is 0 Å². The summed E-state index contributed by atoms with van der Waals surface area (Å²) in [7, 11) is 4.34. The van der Waals surface area contributed by atoms with Crippen molar-refractivity contribution in [2.75, 3.05) is 14.1 Å². The molecule has 1 unspecified atom stereocenters. The molecule has 2 rings (SSSR count). The third-order valence-electron chi connectivity index (χ3n) is 4.94. The van der Waals surface area contributed by atoms with Crippen LogP contribution < -0.4 is 5.73 Å². The predicted octanol–water partition coefficient (Wildman–Crippen LogP) is 3.22. The lowest BCUT2D eigenvalue weighted by atomic mass is 9.71. The number of likely N-dealkylation sites (N-methyl/N-ethyl adjacent to an activating group) is 1. The van der Waals surface area contributed by atoms with Crippen molar-refractivity contribution >= 4 is 15.9 Å². The summed E-state index contributed by atoms with van der Waals surface area (Å²) < 4.78 is 1.02. The summed E-state index contributed by atoms with van der Waals surface area (Å²) in [6, 6.07) is 4.25. The zero-order valence-corrected chi connectivity index (χ0v) is 14.4. The lowest BCUT2D eigenvalue weighted by molar-refractivity contribution is 0.0565. The van der Waals surface area contributed by atoms with Crippen molar-refractivity contribution in [1.29, 1.82) is 0 Å². The molecule has 3 nitrogen and oxygen atoms in total. The van der Waals surface area contributed by atoms with E-state index in [1.807, 2.05) is 12.3 Å². The Kier molecular flexibility index (Phi) is 5.21. The van der Waals surface area contributed by atoms with E-state index in [-0.39, 0.29) is 11.6 Å². The highest BCUT2D eigenvalue weighted by Crippen LogP contribution is 2.37. The minimum atomic E-state index is 0.126. The lowest BCUT2D eigenvalue weighted by Gasteiger charge is -2.48. The van der Waals surface area contributed by atoms with Crippen LogP contribution in [0.3, 0.4) is 0 Å². The molecule has 1 aromatic rings. The standard InChI is InChI=1S/C16H26BrN3/c1-12-6-8-16(9-7-12,20(2)3)15(18)10-14-5-4-13(17)11-19-14/h4-5,11-12,15H,6-10,18H2,1-3H3. The molecule has 0 amide bonds. The number of hydrogen-bond donors (Lipinski definition) is 1. The third-order valence-corrected chi connectivity index (χ3v) is 5.41. The number of hydrogen-bond acceptors (Lipinski definition) is 3. The second-order valence-electron chi connectivity index (χ2n) is 6.46. The van der Waals surface area contributed by atoms with Gasteiger partial charge >= 0.3 is 0 Å². The lowest BCUT2D eigenvalue weighted by Crippen LogP contribution is -2.59. The summed E-state index contributed by atoms with van der Waals surface area (Å²) in [5.41, 5.74) is 7.82. The average Bonchev–Trinajstić information content (AvgIpc) is 2.42. The van der Waals surface area contributed by atoms with Gasteiger partial charge in [-0.3, -0.25) is 4.98 Å². The highest BCUT2D eigenvalue weighted by atomic mass is 79.9. The fourth-order valence-corrected chi connectivity index (χ4v) is 3.59. The number of halogens is 1. The molecule has 112 valence electrons. The maximum absolute atomic E-state index is 6.61. The van der Waals surface area contributed by atoms with E-state index in [0.717, 1.165) is 22.5 Å². The zero-order valence-electron chi connectivity index (χ0n) is 12.8. The van der Waals surface area contributed by atoms with Crippen LogP contribution in [-0.4, -0.2) is 35.6 Å². The number of nitrogens with two attached hydrogens (primary N) is 1. The van der Waals surface area contributed by atoms with Crippen molar-refractivity contribution < 1.29 is 0 Å². The van der Waals surface area contributed by atoms with Crippen molar-refractivity contribution in [1.82, 2.24) is 9.88 Å². The monoisotopic (exact) mass is 339 g/mol. The van der Waals surface area contributed by atoms with Crippen LogP contribution in [0.1, 0.15) is 38.3 Å². The molecule has 1 atom stereocenters. The molecule has 0 aliphatic heterocycles. The molecule has 2 N–H and O–H groups in total. The first-order chi connectivity index (χ1) is 9.44. The number of pyridine rings is 1. The van der Waals surface area contributed by atoms with Crippen LogP contribution in [-0.2, 0) is 6.42 Å². The van der Waals surface area contributed by atoms with Gasteiger partial charge in [0.25, 0.3) is 0 Å². The van der Waals surface area contributed by atoms with E-state index >= 15 is 0 Å². The Balaban J connectivity index is 2.11. The van der Waals surface area contributed by atoms with E-state index in [0.29, 0.717) is 0 Å². The molecule has 1 aromatic heterocycles. The molecule has 1 heterocycles. The fraction of sp³-hybridized carbons (Fsp3) is 0.688. The van der Waals surface area contributed by atoms with Gasteiger partial charge in [-0.25, -0.2) is 0 Å². The maximum Gasteiger partial charge on any atom is 0.0420 e. The molecule has 1 saturated carbocycles. The van der Waals surface area contributed by atoms with Crippen molar-refractivity contribution in [3.63, 3.8) is 0 Å². The van der Waals surface area contributed by atoms with Gasteiger partial charge in [0.05, 0.1) is 0 Å². The van der Waals surface area contributed by atoms with Gasteiger partial charge in [0.1, 0.15) is 0 Å². The predicted molar refractivity (Wildman–Crippen MR) is 87.7 cm³/mol. The highest BCUT2D eigenvalue weighted by molar-refractivity contribution is 9.10. The minimum Gasteiger partial charge on any atom is -0.326 e. The highest BCUT2D eigenvalue weighted by Gasteiger charge is 2.41. The Morgan fingerprint density at radius 3 is 2.55 bits per heavy atom. The van der Waals surface area contributed by atoms with Gasteiger partial charge in [-0.05, 0) is 73.8 Å². The second kappa shape index (κ2) is 6.54. The largest absolute Gasteiger partial charge is 0.326 e. The van der Waals surface area contributed by atoms with Crippen LogP contribution in [0.15, 0.2) is 22.8 Å². The third kappa shape index (κ3) is 3.41. The van der Waals surface area contributed by atoms with E-state index in [2.05, 4.69) is 52.9 Å². The first kappa shape index (κ1) is 15.9. The van der Waals surface area contributed by atoms with E-state index in [1.165, 1.54) is 25.7 Å². The van der Waals surface area contributed by atoms with Crippen LogP contribution in [0, 0.1) is 5.92 Å². The Bertz CT molecular complexity index is 422. The van der Waals surface area contributed by atoms with Gasteiger partial charge < -0.3 is 10.6 Å². The van der Waals surface area contributed by atoms with Crippen LogP contribution in [0.5, 0.6) is 0 Å². The molecule has 4 heteroatoms. The summed E-state index contributed by atoms with van der Waals surface area (Å²) in [6.07, 6.45) is 7.64. The van der Waals surface area contributed by atoms with Crippen LogP contribution in [0.4, 0.5) is 0 Å². The quantitative estimate of drug-likeness (QED) is 0.915. The average molecular weight is 340 g/mol. The molecular formula is C16H26BrN3. The summed E-state index contributed by atoms with van der Waals surface area (Å²) >= 11 is 3.43. The first-order valence-corrected chi connectivity index (χ1v) is 8.27. The van der Waals surface area contributed by atoms with Gasteiger partial charge in [-0.1, -0.05) is 6.92 Å². The number of nitrogens with zero attached hydrogens (tertiary/aromatic N) is 2.